The molecule has 1 amide bonds. The fourth-order valence-electron chi connectivity index (χ4n) is 2.52. The summed E-state index contributed by atoms with van der Waals surface area (Å²) in [5, 5.41) is 11.3. The second-order valence-corrected chi connectivity index (χ2v) is 7.30. The average Bonchev–Trinajstić information content (AvgIpc) is 2.73. The Labute approximate surface area is 167 Å². The number of anilines is 1. The number of carbonyl (C=O) groups excluding carboxylic acids is 2. The van der Waals surface area contributed by atoms with Gasteiger partial charge in [0.1, 0.15) is 5.69 Å². The molecule has 0 saturated carbocycles. The van der Waals surface area contributed by atoms with Crippen LogP contribution >= 0.6 is 11.8 Å². The highest BCUT2D eigenvalue weighted by Crippen LogP contribution is 2.24. The van der Waals surface area contributed by atoms with Crippen molar-refractivity contribution in [1.29, 1.82) is 0 Å². The minimum atomic E-state index is -0.350. The Morgan fingerprint density at radius 2 is 1.75 bits per heavy atom. The van der Waals surface area contributed by atoms with E-state index >= 15 is 0 Å². The molecule has 6 nitrogen and oxygen atoms in total. The number of amides is 1. The largest absolute Gasteiger partial charge is 0.325 e. The van der Waals surface area contributed by atoms with E-state index in [-0.39, 0.29) is 16.9 Å². The second kappa shape index (κ2) is 9.23. The van der Waals surface area contributed by atoms with Crippen LogP contribution in [-0.2, 0) is 4.79 Å². The predicted molar refractivity (Wildman–Crippen MR) is 110 cm³/mol. The number of hydrogen-bond donors (Lipinski definition) is 1. The summed E-state index contributed by atoms with van der Waals surface area (Å²) in [6, 6.07) is 16.5. The van der Waals surface area contributed by atoms with Gasteiger partial charge in [-0.15, -0.1) is 10.2 Å². The van der Waals surface area contributed by atoms with Crippen LogP contribution in [0.5, 0.6) is 0 Å². The number of nitrogens with zero attached hydrogens (tertiary/aromatic N) is 3. The Balaban J connectivity index is 1.64. The Bertz CT molecular complexity index is 944. The van der Waals surface area contributed by atoms with Gasteiger partial charge in [-0.05, 0) is 37.6 Å². The zero-order chi connectivity index (χ0) is 19.9. The predicted octanol–water partition coefficient (Wildman–Crippen LogP) is 4.25. The molecule has 3 aromatic rings. The van der Waals surface area contributed by atoms with Crippen LogP contribution in [0.15, 0.2) is 66.0 Å². The first-order valence-corrected chi connectivity index (χ1v) is 9.78. The van der Waals surface area contributed by atoms with Crippen LogP contribution in [-0.4, -0.2) is 32.1 Å². The van der Waals surface area contributed by atoms with E-state index in [0.29, 0.717) is 28.5 Å². The Kier molecular flexibility index (Phi) is 6.49. The highest BCUT2D eigenvalue weighted by molar-refractivity contribution is 8.00. The molecule has 142 valence electrons. The summed E-state index contributed by atoms with van der Waals surface area (Å²) in [5.41, 5.74) is 2.88. The normalized spacial score (nSPS) is 11.6. The van der Waals surface area contributed by atoms with Gasteiger partial charge >= 0.3 is 0 Å². The molecule has 2 aromatic carbocycles. The van der Waals surface area contributed by atoms with Crippen LogP contribution in [0.1, 0.15) is 30.6 Å². The monoisotopic (exact) mass is 392 g/mol. The summed E-state index contributed by atoms with van der Waals surface area (Å²) >= 11 is 1.28. The third-order valence-corrected chi connectivity index (χ3v) is 5.31. The molecule has 1 N–H and O–H groups in total. The van der Waals surface area contributed by atoms with Crippen molar-refractivity contribution in [3.8, 4) is 11.3 Å². The number of nitrogens with one attached hydrogen (secondary N) is 1. The molecule has 0 aliphatic heterocycles. The Hall–Kier alpha value is -3.06. The van der Waals surface area contributed by atoms with Gasteiger partial charge < -0.3 is 5.32 Å². The molecule has 1 heterocycles. The van der Waals surface area contributed by atoms with E-state index in [9.17, 15) is 9.59 Å². The molecular weight excluding hydrogens is 372 g/mol. The number of ketones is 1. The number of hydrogen-bond acceptors (Lipinski definition) is 6. The molecule has 0 aliphatic carbocycles. The van der Waals surface area contributed by atoms with Crippen molar-refractivity contribution in [2.45, 2.75) is 30.7 Å². The van der Waals surface area contributed by atoms with Crippen LogP contribution in [0, 0.1) is 0 Å². The van der Waals surface area contributed by atoms with Gasteiger partial charge in [-0.1, -0.05) is 49.0 Å². The van der Waals surface area contributed by atoms with Gasteiger partial charge in [-0.25, -0.2) is 4.98 Å². The lowest BCUT2D eigenvalue weighted by atomic mass is 10.1. The molecule has 1 atom stereocenters. The maximum absolute atomic E-state index is 12.6. The van der Waals surface area contributed by atoms with Gasteiger partial charge in [0.15, 0.2) is 5.78 Å². The number of rotatable bonds is 7. The molecule has 0 saturated heterocycles. The van der Waals surface area contributed by atoms with Gasteiger partial charge in [0.2, 0.25) is 11.1 Å². The molecule has 0 fully saturated rings. The van der Waals surface area contributed by atoms with Crippen molar-refractivity contribution in [3.63, 3.8) is 0 Å². The minimum absolute atomic E-state index is 0.0107. The van der Waals surface area contributed by atoms with Crippen molar-refractivity contribution in [1.82, 2.24) is 15.2 Å². The van der Waals surface area contributed by atoms with E-state index in [4.69, 9.17) is 0 Å². The molecule has 0 bridgehead atoms. The Morgan fingerprint density at radius 1 is 1.04 bits per heavy atom. The van der Waals surface area contributed by atoms with E-state index < -0.39 is 0 Å². The number of thioether (sulfide) groups is 1. The summed E-state index contributed by atoms with van der Waals surface area (Å²) in [7, 11) is 0. The third kappa shape index (κ3) is 5.01. The lowest BCUT2D eigenvalue weighted by Crippen LogP contribution is -2.24. The van der Waals surface area contributed by atoms with Crippen molar-refractivity contribution >= 4 is 29.1 Å². The number of benzene rings is 2. The molecule has 7 heteroatoms. The van der Waals surface area contributed by atoms with Crippen LogP contribution in [0.3, 0.4) is 0 Å². The lowest BCUT2D eigenvalue weighted by Gasteiger charge is -2.13. The van der Waals surface area contributed by atoms with Crippen molar-refractivity contribution in [3.05, 3.63) is 66.4 Å². The molecular formula is C21H20N4O2S. The fourth-order valence-corrected chi connectivity index (χ4v) is 3.31. The van der Waals surface area contributed by atoms with E-state index in [1.165, 1.54) is 18.7 Å². The van der Waals surface area contributed by atoms with E-state index in [1.807, 2.05) is 37.3 Å². The molecule has 28 heavy (non-hydrogen) atoms. The molecule has 0 spiro atoms. The standard InChI is InChI=1S/C21H20N4O2S/c1-3-19(20(27)23-17-11-9-15(10-12-17)14(2)26)28-21-22-13-18(24-25-21)16-7-5-4-6-8-16/h4-13,19H,3H2,1-2H3,(H,23,27). The summed E-state index contributed by atoms with van der Waals surface area (Å²) in [4.78, 5) is 28.3. The Morgan fingerprint density at radius 3 is 2.32 bits per heavy atom. The highest BCUT2D eigenvalue weighted by atomic mass is 32.2. The van der Waals surface area contributed by atoms with Gasteiger partial charge in [0.05, 0.1) is 11.4 Å². The molecule has 3 rings (SSSR count). The van der Waals surface area contributed by atoms with Gasteiger partial charge in [0.25, 0.3) is 0 Å². The summed E-state index contributed by atoms with van der Waals surface area (Å²) in [5.74, 6) is -0.151. The first-order chi connectivity index (χ1) is 13.6. The number of carbonyl (C=O) groups is 2. The number of Topliss-reactive ketones (excluding diaryl/α,β-unsaturated/α-hetero) is 1. The first kappa shape index (κ1) is 19.7. The van der Waals surface area contributed by atoms with Gasteiger partial charge in [-0.2, -0.15) is 0 Å². The zero-order valence-corrected chi connectivity index (χ0v) is 16.4. The average molecular weight is 392 g/mol. The summed E-state index contributed by atoms with van der Waals surface area (Å²) in [6.45, 7) is 3.44. The van der Waals surface area contributed by atoms with Crippen molar-refractivity contribution in [2.24, 2.45) is 0 Å². The SMILES string of the molecule is CCC(Sc1ncc(-c2ccccc2)nn1)C(=O)Nc1ccc(C(C)=O)cc1. The highest BCUT2D eigenvalue weighted by Gasteiger charge is 2.20. The third-order valence-electron chi connectivity index (χ3n) is 4.08. The molecule has 0 radical (unpaired) electrons. The lowest BCUT2D eigenvalue weighted by molar-refractivity contribution is -0.115. The van der Waals surface area contributed by atoms with Crippen LogP contribution < -0.4 is 5.32 Å². The second-order valence-electron chi connectivity index (χ2n) is 6.13. The quantitative estimate of drug-likeness (QED) is 0.478. The van der Waals surface area contributed by atoms with Gasteiger partial charge in [0, 0.05) is 16.8 Å². The topological polar surface area (TPSA) is 84.8 Å². The van der Waals surface area contributed by atoms with Crippen LogP contribution in [0.25, 0.3) is 11.3 Å². The smallest absolute Gasteiger partial charge is 0.237 e. The minimum Gasteiger partial charge on any atom is -0.325 e. The first-order valence-electron chi connectivity index (χ1n) is 8.90. The molecule has 1 unspecified atom stereocenters. The van der Waals surface area contributed by atoms with Crippen molar-refractivity contribution < 1.29 is 9.59 Å². The summed E-state index contributed by atoms with van der Waals surface area (Å²) < 4.78 is 0. The fraction of sp³-hybridized carbons (Fsp3) is 0.190. The van der Waals surface area contributed by atoms with E-state index in [0.717, 1.165) is 5.56 Å². The van der Waals surface area contributed by atoms with Crippen LogP contribution in [0.2, 0.25) is 0 Å². The maximum Gasteiger partial charge on any atom is 0.237 e. The van der Waals surface area contributed by atoms with E-state index in [2.05, 4.69) is 20.5 Å². The van der Waals surface area contributed by atoms with Crippen LogP contribution in [0.4, 0.5) is 5.69 Å². The van der Waals surface area contributed by atoms with E-state index in [1.54, 1.807) is 30.5 Å². The maximum atomic E-state index is 12.6. The van der Waals surface area contributed by atoms with Crippen molar-refractivity contribution in [2.75, 3.05) is 5.32 Å². The zero-order valence-electron chi connectivity index (χ0n) is 15.6. The summed E-state index contributed by atoms with van der Waals surface area (Å²) in [6.07, 6.45) is 2.28. The number of aromatic nitrogens is 3. The molecule has 0 aliphatic rings. The van der Waals surface area contributed by atoms with Gasteiger partial charge in [-0.3, -0.25) is 9.59 Å². The molecule has 1 aromatic heterocycles.